The third-order valence-electron chi connectivity index (χ3n) is 3.47. The van der Waals surface area contributed by atoms with E-state index in [4.69, 9.17) is 27.9 Å². The Bertz CT molecular complexity index is 724. The number of halogens is 2. The van der Waals surface area contributed by atoms with Gasteiger partial charge in [-0.15, -0.1) is 0 Å². The summed E-state index contributed by atoms with van der Waals surface area (Å²) in [5.41, 5.74) is 2.21. The lowest BCUT2D eigenvalue weighted by atomic mass is 10.2. The fourth-order valence-corrected chi connectivity index (χ4v) is 3.28. The lowest BCUT2D eigenvalue weighted by Gasteiger charge is -2.15. The van der Waals surface area contributed by atoms with Crippen LogP contribution in [-0.2, 0) is 10.5 Å². The van der Waals surface area contributed by atoms with E-state index in [1.165, 1.54) is 0 Å². The second-order valence-electron chi connectivity index (χ2n) is 5.67. The van der Waals surface area contributed by atoms with E-state index in [1.807, 2.05) is 43.3 Å². The van der Waals surface area contributed by atoms with Gasteiger partial charge in [-0.1, -0.05) is 41.4 Å². The maximum Gasteiger partial charge on any atom is 0.260 e. The van der Waals surface area contributed by atoms with Crippen LogP contribution in [0.1, 0.15) is 18.1 Å². The lowest BCUT2D eigenvalue weighted by molar-refractivity contribution is -0.127. The van der Waals surface area contributed by atoms with Gasteiger partial charge in [-0.2, -0.15) is 11.8 Å². The van der Waals surface area contributed by atoms with Gasteiger partial charge in [0.25, 0.3) is 5.91 Å². The molecule has 0 aliphatic carbocycles. The molecule has 0 spiro atoms. The van der Waals surface area contributed by atoms with Gasteiger partial charge >= 0.3 is 0 Å². The fourth-order valence-electron chi connectivity index (χ4n) is 2.16. The van der Waals surface area contributed by atoms with Crippen LogP contribution in [0, 0.1) is 6.92 Å². The van der Waals surface area contributed by atoms with Crippen molar-refractivity contribution in [2.45, 2.75) is 25.7 Å². The van der Waals surface area contributed by atoms with E-state index in [-0.39, 0.29) is 5.91 Å². The molecule has 1 N–H and O–H groups in total. The molecule has 0 unspecified atom stereocenters. The summed E-state index contributed by atoms with van der Waals surface area (Å²) in [6.45, 7) is 4.33. The smallest absolute Gasteiger partial charge is 0.260 e. The van der Waals surface area contributed by atoms with Crippen molar-refractivity contribution in [2.75, 3.05) is 12.3 Å². The first-order valence-corrected chi connectivity index (χ1v) is 9.89. The van der Waals surface area contributed by atoms with Crippen molar-refractivity contribution in [3.8, 4) is 5.75 Å². The Balaban J connectivity index is 1.66. The molecule has 0 fully saturated rings. The second-order valence-corrected chi connectivity index (χ2v) is 7.59. The Morgan fingerprint density at radius 1 is 1.20 bits per heavy atom. The van der Waals surface area contributed by atoms with E-state index in [2.05, 4.69) is 5.32 Å². The topological polar surface area (TPSA) is 38.3 Å². The molecule has 1 atom stereocenters. The predicted molar refractivity (Wildman–Crippen MR) is 107 cm³/mol. The number of benzene rings is 2. The van der Waals surface area contributed by atoms with Gasteiger partial charge in [0.15, 0.2) is 6.10 Å². The Morgan fingerprint density at radius 3 is 2.72 bits per heavy atom. The van der Waals surface area contributed by atoms with Crippen LogP contribution in [0.5, 0.6) is 5.75 Å². The predicted octanol–water partition coefficient (Wildman–Crippen LogP) is 5.12. The minimum atomic E-state index is -0.526. The number of aryl methyl sites for hydroxylation is 1. The molecule has 1 amide bonds. The summed E-state index contributed by atoms with van der Waals surface area (Å²) in [6, 6.07) is 13.3. The first kappa shape index (κ1) is 20.0. The van der Waals surface area contributed by atoms with Gasteiger partial charge in [0.2, 0.25) is 0 Å². The quantitative estimate of drug-likeness (QED) is 0.628. The summed E-state index contributed by atoms with van der Waals surface area (Å²) in [4.78, 5) is 12.1. The van der Waals surface area contributed by atoms with Crippen LogP contribution < -0.4 is 10.1 Å². The van der Waals surface area contributed by atoms with Crippen LogP contribution >= 0.6 is 35.0 Å². The summed E-state index contributed by atoms with van der Waals surface area (Å²) in [5.74, 6) is 2.22. The molecule has 0 aromatic heterocycles. The third kappa shape index (κ3) is 6.81. The van der Waals surface area contributed by atoms with Gasteiger partial charge in [-0.25, -0.2) is 0 Å². The fraction of sp³-hybridized carbons (Fsp3) is 0.316. The van der Waals surface area contributed by atoms with Gasteiger partial charge < -0.3 is 10.1 Å². The van der Waals surface area contributed by atoms with E-state index in [9.17, 15) is 4.79 Å². The zero-order chi connectivity index (χ0) is 18.2. The van der Waals surface area contributed by atoms with E-state index >= 15 is 0 Å². The number of hydrogen-bond acceptors (Lipinski definition) is 3. The summed E-state index contributed by atoms with van der Waals surface area (Å²) >= 11 is 13.6. The van der Waals surface area contributed by atoms with Crippen molar-refractivity contribution in [1.29, 1.82) is 0 Å². The Hall–Kier alpha value is -1.36. The second kappa shape index (κ2) is 9.95. The number of carbonyl (C=O) groups excluding carboxylic acids is 1. The molecule has 3 nitrogen and oxygen atoms in total. The van der Waals surface area contributed by atoms with E-state index in [0.29, 0.717) is 22.3 Å². The van der Waals surface area contributed by atoms with Crippen molar-refractivity contribution < 1.29 is 9.53 Å². The van der Waals surface area contributed by atoms with Crippen LogP contribution in [0.15, 0.2) is 42.5 Å². The largest absolute Gasteiger partial charge is 0.481 e. The molecule has 2 rings (SSSR count). The van der Waals surface area contributed by atoms with E-state index in [1.54, 1.807) is 24.8 Å². The van der Waals surface area contributed by atoms with E-state index in [0.717, 1.165) is 22.6 Å². The van der Waals surface area contributed by atoms with Gasteiger partial charge in [0, 0.05) is 18.1 Å². The van der Waals surface area contributed by atoms with Gasteiger partial charge in [-0.3, -0.25) is 4.79 Å². The highest BCUT2D eigenvalue weighted by atomic mass is 35.5. The molecule has 2 aromatic rings. The zero-order valence-electron chi connectivity index (χ0n) is 14.2. The number of hydrogen-bond donors (Lipinski definition) is 1. The molecule has 0 saturated carbocycles. The third-order valence-corrected chi connectivity index (χ3v) is 5.24. The van der Waals surface area contributed by atoms with Crippen molar-refractivity contribution >= 4 is 40.9 Å². The van der Waals surface area contributed by atoms with Crippen molar-refractivity contribution in [3.05, 3.63) is 63.6 Å². The number of amides is 1. The maximum atomic E-state index is 12.1. The lowest BCUT2D eigenvalue weighted by Crippen LogP contribution is -2.37. The Labute approximate surface area is 163 Å². The molecule has 6 heteroatoms. The molecular weight excluding hydrogens is 377 g/mol. The molecule has 134 valence electrons. The summed E-state index contributed by atoms with van der Waals surface area (Å²) in [5, 5.41) is 4.02. The Kier molecular flexibility index (Phi) is 7.94. The van der Waals surface area contributed by atoms with Crippen LogP contribution in [0.4, 0.5) is 0 Å². The molecule has 0 radical (unpaired) electrons. The number of carbonyl (C=O) groups is 1. The first-order chi connectivity index (χ1) is 12.0. The van der Waals surface area contributed by atoms with Crippen molar-refractivity contribution in [1.82, 2.24) is 5.32 Å². The highest BCUT2D eigenvalue weighted by Crippen LogP contribution is 2.24. The minimum absolute atomic E-state index is 0.114. The normalized spacial score (nSPS) is 11.8. The molecule has 0 heterocycles. The van der Waals surface area contributed by atoms with Gasteiger partial charge in [-0.05, 0) is 49.2 Å². The first-order valence-electron chi connectivity index (χ1n) is 7.98. The molecule has 0 aliphatic rings. The number of nitrogens with one attached hydrogen (secondary N) is 1. The average molecular weight is 398 g/mol. The van der Waals surface area contributed by atoms with E-state index < -0.39 is 6.10 Å². The molecule has 2 aromatic carbocycles. The highest BCUT2D eigenvalue weighted by Gasteiger charge is 2.13. The zero-order valence-corrected chi connectivity index (χ0v) is 16.5. The number of rotatable bonds is 8. The van der Waals surface area contributed by atoms with Gasteiger partial charge in [0.1, 0.15) is 5.75 Å². The molecule has 25 heavy (non-hydrogen) atoms. The maximum absolute atomic E-state index is 12.1. The van der Waals surface area contributed by atoms with Crippen LogP contribution in [0.25, 0.3) is 0 Å². The summed E-state index contributed by atoms with van der Waals surface area (Å²) in [6.07, 6.45) is -0.526. The molecule has 0 bridgehead atoms. The SMILES string of the molecule is Cc1cccc(O[C@H](C)C(=O)NCCSCc2ccc(Cl)c(Cl)c2)c1. The number of thioether (sulfide) groups is 1. The van der Waals surface area contributed by atoms with Crippen LogP contribution in [0.3, 0.4) is 0 Å². The highest BCUT2D eigenvalue weighted by molar-refractivity contribution is 7.98. The average Bonchev–Trinajstić information content (AvgIpc) is 2.57. The summed E-state index contributed by atoms with van der Waals surface area (Å²) in [7, 11) is 0. The van der Waals surface area contributed by atoms with Crippen LogP contribution in [0.2, 0.25) is 10.0 Å². The minimum Gasteiger partial charge on any atom is -0.481 e. The molecule has 0 saturated heterocycles. The van der Waals surface area contributed by atoms with Crippen LogP contribution in [-0.4, -0.2) is 24.3 Å². The number of ether oxygens (including phenoxy) is 1. The van der Waals surface area contributed by atoms with Crippen molar-refractivity contribution in [2.24, 2.45) is 0 Å². The standard InChI is InChI=1S/C19H21Cl2NO2S/c1-13-4-3-5-16(10-13)24-14(2)19(23)22-8-9-25-12-15-6-7-17(20)18(21)11-15/h3-7,10-11,14H,8-9,12H2,1-2H3,(H,22,23)/t14-/m1/s1. The Morgan fingerprint density at radius 2 is 2.00 bits per heavy atom. The van der Waals surface area contributed by atoms with Crippen molar-refractivity contribution in [3.63, 3.8) is 0 Å². The molecular formula is C19H21Cl2NO2S. The van der Waals surface area contributed by atoms with Gasteiger partial charge in [0.05, 0.1) is 10.0 Å². The molecule has 0 aliphatic heterocycles. The summed E-state index contributed by atoms with van der Waals surface area (Å²) < 4.78 is 5.66. The monoisotopic (exact) mass is 397 g/mol.